The van der Waals surface area contributed by atoms with Crippen LogP contribution in [0.15, 0.2) is 0 Å². The van der Waals surface area contributed by atoms with Crippen molar-refractivity contribution in [1.29, 1.82) is 0 Å². The van der Waals surface area contributed by atoms with Gasteiger partial charge in [-0.3, -0.25) is 0 Å². The lowest BCUT2D eigenvalue weighted by Crippen LogP contribution is -2.28. The second-order valence-corrected chi connectivity index (χ2v) is 2.44. The van der Waals surface area contributed by atoms with Crippen molar-refractivity contribution in [3.05, 3.63) is 0 Å². The standard InChI is InChI=1S/C6H11NO2/c1-4-5(2)9-6(8)7(4)3/h4-5H,1-3H3/t4-,5+/m1/s1. The molecule has 0 N–H and O–H groups in total. The molecule has 1 rings (SSSR count). The number of carbonyl (C=O) groups is 1. The lowest BCUT2D eigenvalue weighted by atomic mass is 10.2. The van der Waals surface area contributed by atoms with Crippen LogP contribution >= 0.6 is 0 Å². The highest BCUT2D eigenvalue weighted by Gasteiger charge is 2.32. The molecule has 3 nitrogen and oxygen atoms in total. The Bertz CT molecular complexity index is 135. The molecule has 1 amide bonds. The van der Waals surface area contributed by atoms with E-state index in [9.17, 15) is 4.79 Å². The minimum atomic E-state index is -0.213. The zero-order valence-corrected chi connectivity index (χ0v) is 5.92. The number of amides is 1. The van der Waals surface area contributed by atoms with Gasteiger partial charge in [0.1, 0.15) is 6.10 Å². The third kappa shape index (κ3) is 0.866. The molecule has 0 aromatic carbocycles. The highest BCUT2D eigenvalue weighted by molar-refractivity contribution is 5.70. The van der Waals surface area contributed by atoms with Crippen LogP contribution in [0.4, 0.5) is 4.79 Å². The first-order chi connectivity index (χ1) is 4.13. The first-order valence-corrected chi connectivity index (χ1v) is 3.06. The van der Waals surface area contributed by atoms with Gasteiger partial charge in [-0.15, -0.1) is 0 Å². The number of hydrogen-bond acceptors (Lipinski definition) is 2. The van der Waals surface area contributed by atoms with Gasteiger partial charge < -0.3 is 9.64 Å². The first-order valence-electron chi connectivity index (χ1n) is 3.06. The second-order valence-electron chi connectivity index (χ2n) is 2.44. The summed E-state index contributed by atoms with van der Waals surface area (Å²) in [6.45, 7) is 3.86. The Hall–Kier alpha value is -0.730. The summed E-state index contributed by atoms with van der Waals surface area (Å²) < 4.78 is 4.87. The third-order valence-electron chi connectivity index (χ3n) is 1.86. The number of hydrogen-bond donors (Lipinski definition) is 0. The van der Waals surface area contributed by atoms with E-state index in [0.717, 1.165) is 0 Å². The number of rotatable bonds is 0. The average molecular weight is 129 g/mol. The van der Waals surface area contributed by atoms with Crippen molar-refractivity contribution in [3.8, 4) is 0 Å². The van der Waals surface area contributed by atoms with Crippen molar-refractivity contribution >= 4 is 6.09 Å². The molecule has 0 unspecified atom stereocenters. The summed E-state index contributed by atoms with van der Waals surface area (Å²) in [5, 5.41) is 0. The van der Waals surface area contributed by atoms with E-state index in [1.807, 2.05) is 13.8 Å². The largest absolute Gasteiger partial charge is 0.444 e. The number of ether oxygens (including phenoxy) is 1. The molecular weight excluding hydrogens is 118 g/mol. The minimum absolute atomic E-state index is 0.0440. The van der Waals surface area contributed by atoms with E-state index in [-0.39, 0.29) is 18.2 Å². The lowest BCUT2D eigenvalue weighted by molar-refractivity contribution is 0.139. The van der Waals surface area contributed by atoms with Crippen LogP contribution in [-0.2, 0) is 4.74 Å². The van der Waals surface area contributed by atoms with Crippen LogP contribution in [-0.4, -0.2) is 30.2 Å². The predicted octanol–water partition coefficient (Wildman–Crippen LogP) is 0.845. The fraction of sp³-hybridized carbons (Fsp3) is 0.833. The van der Waals surface area contributed by atoms with Crippen LogP contribution in [0.2, 0.25) is 0 Å². The van der Waals surface area contributed by atoms with E-state index in [0.29, 0.717) is 0 Å². The molecule has 52 valence electrons. The van der Waals surface area contributed by atoms with E-state index < -0.39 is 0 Å². The Kier molecular flexibility index (Phi) is 1.35. The minimum Gasteiger partial charge on any atom is -0.444 e. The molecule has 9 heavy (non-hydrogen) atoms. The molecule has 0 bridgehead atoms. The summed E-state index contributed by atoms with van der Waals surface area (Å²) in [4.78, 5) is 12.3. The highest BCUT2D eigenvalue weighted by Crippen LogP contribution is 2.15. The van der Waals surface area contributed by atoms with Crippen LogP contribution in [0, 0.1) is 0 Å². The molecule has 1 aliphatic rings. The van der Waals surface area contributed by atoms with Crippen molar-refractivity contribution in [1.82, 2.24) is 4.90 Å². The molecule has 0 saturated carbocycles. The van der Waals surface area contributed by atoms with Gasteiger partial charge in [0.15, 0.2) is 0 Å². The van der Waals surface area contributed by atoms with Gasteiger partial charge in [0.2, 0.25) is 0 Å². The van der Waals surface area contributed by atoms with Crippen LogP contribution < -0.4 is 0 Å². The average Bonchev–Trinajstić information content (AvgIpc) is 1.98. The maximum absolute atomic E-state index is 10.7. The molecular formula is C6H11NO2. The molecule has 0 aromatic heterocycles. The Balaban J connectivity index is 2.65. The van der Waals surface area contributed by atoms with Gasteiger partial charge in [-0.05, 0) is 13.8 Å². The summed E-state index contributed by atoms with van der Waals surface area (Å²) in [6, 6.07) is 0.220. The summed E-state index contributed by atoms with van der Waals surface area (Å²) >= 11 is 0. The third-order valence-corrected chi connectivity index (χ3v) is 1.86. The summed E-state index contributed by atoms with van der Waals surface area (Å²) in [6.07, 6.45) is -0.169. The van der Waals surface area contributed by atoms with E-state index in [1.165, 1.54) is 0 Å². The Morgan fingerprint density at radius 2 is 2.11 bits per heavy atom. The van der Waals surface area contributed by atoms with E-state index in [1.54, 1.807) is 11.9 Å². The Morgan fingerprint density at radius 1 is 1.56 bits per heavy atom. The SMILES string of the molecule is C[C@@H]1OC(=O)N(C)[C@@H]1C. The summed E-state index contributed by atoms with van der Waals surface area (Å²) in [7, 11) is 1.75. The van der Waals surface area contributed by atoms with E-state index in [2.05, 4.69) is 0 Å². The highest BCUT2D eigenvalue weighted by atomic mass is 16.6. The molecule has 0 aliphatic carbocycles. The van der Waals surface area contributed by atoms with Crippen molar-refractivity contribution in [2.75, 3.05) is 7.05 Å². The first kappa shape index (κ1) is 6.39. The Labute approximate surface area is 54.6 Å². The topological polar surface area (TPSA) is 29.5 Å². The zero-order valence-electron chi connectivity index (χ0n) is 5.92. The molecule has 1 fully saturated rings. The molecule has 1 aliphatic heterocycles. The van der Waals surface area contributed by atoms with Crippen LogP contribution in [0.5, 0.6) is 0 Å². The van der Waals surface area contributed by atoms with Crippen molar-refractivity contribution in [3.63, 3.8) is 0 Å². The summed E-state index contributed by atoms with van der Waals surface area (Å²) in [5.41, 5.74) is 0. The predicted molar refractivity (Wildman–Crippen MR) is 33.2 cm³/mol. The smallest absolute Gasteiger partial charge is 0.410 e. The van der Waals surface area contributed by atoms with Crippen molar-refractivity contribution in [2.45, 2.75) is 26.0 Å². The number of nitrogens with zero attached hydrogens (tertiary/aromatic N) is 1. The number of cyclic esters (lactones) is 1. The van der Waals surface area contributed by atoms with Crippen molar-refractivity contribution < 1.29 is 9.53 Å². The molecule has 2 atom stereocenters. The van der Waals surface area contributed by atoms with Gasteiger partial charge in [-0.1, -0.05) is 0 Å². The molecule has 3 heteroatoms. The van der Waals surface area contributed by atoms with Gasteiger partial charge >= 0.3 is 6.09 Å². The van der Waals surface area contributed by atoms with Gasteiger partial charge in [0, 0.05) is 7.05 Å². The number of likely N-dealkylation sites (N-methyl/N-ethyl adjacent to an activating group) is 1. The van der Waals surface area contributed by atoms with Crippen molar-refractivity contribution in [2.24, 2.45) is 0 Å². The maximum Gasteiger partial charge on any atom is 0.410 e. The Morgan fingerprint density at radius 3 is 2.22 bits per heavy atom. The fourth-order valence-corrected chi connectivity index (χ4v) is 0.822. The molecule has 0 radical (unpaired) electrons. The molecule has 0 aromatic rings. The van der Waals surface area contributed by atoms with Gasteiger partial charge in [0.25, 0.3) is 0 Å². The van der Waals surface area contributed by atoms with Gasteiger partial charge in [0.05, 0.1) is 6.04 Å². The van der Waals surface area contributed by atoms with Gasteiger partial charge in [-0.25, -0.2) is 4.79 Å². The number of carbonyl (C=O) groups excluding carboxylic acids is 1. The molecule has 0 spiro atoms. The monoisotopic (exact) mass is 129 g/mol. The summed E-state index contributed by atoms with van der Waals surface area (Å²) in [5.74, 6) is 0. The van der Waals surface area contributed by atoms with Crippen LogP contribution in [0.1, 0.15) is 13.8 Å². The molecule has 1 saturated heterocycles. The fourth-order valence-electron chi connectivity index (χ4n) is 0.822. The van der Waals surface area contributed by atoms with Crippen LogP contribution in [0.3, 0.4) is 0 Å². The quantitative estimate of drug-likeness (QED) is 0.485. The van der Waals surface area contributed by atoms with E-state index >= 15 is 0 Å². The van der Waals surface area contributed by atoms with E-state index in [4.69, 9.17) is 4.74 Å². The van der Waals surface area contributed by atoms with Crippen LogP contribution in [0.25, 0.3) is 0 Å². The zero-order chi connectivity index (χ0) is 7.02. The lowest BCUT2D eigenvalue weighted by Gasteiger charge is -2.11. The normalized spacial score (nSPS) is 35.0. The maximum atomic E-state index is 10.7. The van der Waals surface area contributed by atoms with Gasteiger partial charge in [-0.2, -0.15) is 0 Å². The molecule has 1 heterocycles. The second kappa shape index (κ2) is 1.90.